The van der Waals surface area contributed by atoms with E-state index in [0.29, 0.717) is 29.1 Å². The van der Waals surface area contributed by atoms with Crippen LogP contribution in [0.2, 0.25) is 0 Å². The summed E-state index contributed by atoms with van der Waals surface area (Å²) in [6.45, 7) is 6.88. The Morgan fingerprint density at radius 2 is 1.75 bits per heavy atom. The van der Waals surface area contributed by atoms with Gasteiger partial charge in [-0.05, 0) is 47.5 Å². The highest BCUT2D eigenvalue weighted by molar-refractivity contribution is 7.80. The summed E-state index contributed by atoms with van der Waals surface area (Å²) in [6.07, 6.45) is 0. The van der Waals surface area contributed by atoms with Crippen LogP contribution in [-0.2, 0) is 12.0 Å². The number of hydrogen-bond donors (Lipinski definition) is 1. The number of nitrogens with zero attached hydrogens (tertiary/aromatic N) is 3. The van der Waals surface area contributed by atoms with Crippen LogP contribution in [0.4, 0.5) is 10.1 Å². The van der Waals surface area contributed by atoms with E-state index >= 15 is 0 Å². The zero-order valence-electron chi connectivity index (χ0n) is 16.4. The van der Waals surface area contributed by atoms with Gasteiger partial charge >= 0.3 is 0 Å². The molecule has 0 saturated heterocycles. The predicted molar refractivity (Wildman–Crippen MR) is 113 cm³/mol. The van der Waals surface area contributed by atoms with Crippen LogP contribution in [0.25, 0.3) is 11.4 Å². The lowest BCUT2D eigenvalue weighted by Crippen LogP contribution is -2.30. The molecular weight excluding hydrogens is 375 g/mol. The molecule has 0 unspecified atom stereocenters. The Morgan fingerprint density at radius 1 is 1.11 bits per heavy atom. The van der Waals surface area contributed by atoms with Crippen molar-refractivity contribution < 1.29 is 8.91 Å². The minimum Gasteiger partial charge on any atom is -0.343 e. The van der Waals surface area contributed by atoms with Gasteiger partial charge in [-0.1, -0.05) is 50.2 Å². The number of anilines is 1. The quantitative estimate of drug-likeness (QED) is 0.624. The van der Waals surface area contributed by atoms with E-state index in [1.165, 1.54) is 17.7 Å². The molecule has 0 bridgehead atoms. The van der Waals surface area contributed by atoms with Crippen molar-refractivity contribution in [1.82, 2.24) is 15.0 Å². The summed E-state index contributed by atoms with van der Waals surface area (Å²) in [4.78, 5) is 6.23. The van der Waals surface area contributed by atoms with Crippen molar-refractivity contribution in [3.05, 3.63) is 65.8 Å². The molecule has 0 spiro atoms. The number of halogens is 1. The second-order valence-corrected chi connectivity index (χ2v) is 8.02. The van der Waals surface area contributed by atoms with Crippen molar-refractivity contribution in [2.75, 3.05) is 12.4 Å². The highest BCUT2D eigenvalue weighted by Crippen LogP contribution is 2.25. The number of hydrogen-bond acceptors (Lipinski definition) is 4. The maximum Gasteiger partial charge on any atom is 0.246 e. The standard InChI is InChI=1S/C21H23FN4OS/c1-21(2,3)15-7-5-14(6-8-15)19-24-18(27-25-19)13-26(4)20(28)23-17-11-9-16(22)10-12-17/h5-12H,13H2,1-4H3,(H,23,28). The number of aromatic nitrogens is 2. The van der Waals surface area contributed by atoms with Crippen LogP contribution in [0, 0.1) is 5.82 Å². The molecule has 3 rings (SSSR count). The SMILES string of the molecule is CN(Cc1nc(-c2ccc(C(C)(C)C)cc2)no1)C(=S)Nc1ccc(F)cc1. The second-order valence-electron chi connectivity index (χ2n) is 7.63. The Kier molecular flexibility index (Phi) is 5.74. The summed E-state index contributed by atoms with van der Waals surface area (Å²) < 4.78 is 18.4. The molecule has 0 saturated carbocycles. The van der Waals surface area contributed by atoms with E-state index in [1.54, 1.807) is 17.0 Å². The number of nitrogens with one attached hydrogen (secondary N) is 1. The summed E-state index contributed by atoms with van der Waals surface area (Å²) in [5, 5.41) is 7.59. The Morgan fingerprint density at radius 3 is 2.36 bits per heavy atom. The molecule has 1 N–H and O–H groups in total. The average Bonchev–Trinajstić information content (AvgIpc) is 3.11. The average molecular weight is 399 g/mol. The normalized spacial score (nSPS) is 11.3. The largest absolute Gasteiger partial charge is 0.343 e. The molecule has 0 aliphatic carbocycles. The predicted octanol–water partition coefficient (Wildman–Crippen LogP) is 5.00. The van der Waals surface area contributed by atoms with Gasteiger partial charge in [-0.3, -0.25) is 0 Å². The van der Waals surface area contributed by atoms with Gasteiger partial charge in [-0.25, -0.2) is 4.39 Å². The van der Waals surface area contributed by atoms with Crippen molar-refractivity contribution in [2.24, 2.45) is 0 Å². The minimum atomic E-state index is -0.293. The Labute approximate surface area is 169 Å². The first-order valence-corrected chi connectivity index (χ1v) is 9.34. The smallest absolute Gasteiger partial charge is 0.246 e. The molecule has 5 nitrogen and oxygen atoms in total. The van der Waals surface area contributed by atoms with Crippen molar-refractivity contribution in [3.8, 4) is 11.4 Å². The van der Waals surface area contributed by atoms with Crippen molar-refractivity contribution in [2.45, 2.75) is 32.7 Å². The van der Waals surface area contributed by atoms with E-state index in [9.17, 15) is 4.39 Å². The van der Waals surface area contributed by atoms with Crippen LogP contribution >= 0.6 is 12.2 Å². The first-order chi connectivity index (χ1) is 13.2. The summed E-state index contributed by atoms with van der Waals surface area (Å²) in [5.41, 5.74) is 2.95. The van der Waals surface area contributed by atoms with E-state index < -0.39 is 0 Å². The van der Waals surface area contributed by atoms with Gasteiger partial charge in [0.25, 0.3) is 0 Å². The molecule has 7 heteroatoms. The zero-order chi connectivity index (χ0) is 20.3. The van der Waals surface area contributed by atoms with Crippen LogP contribution in [0.15, 0.2) is 53.1 Å². The topological polar surface area (TPSA) is 54.2 Å². The number of thiocarbonyl (C=S) groups is 1. The van der Waals surface area contributed by atoms with Gasteiger partial charge in [-0.15, -0.1) is 0 Å². The summed E-state index contributed by atoms with van der Waals surface area (Å²) >= 11 is 5.37. The first-order valence-electron chi connectivity index (χ1n) is 8.93. The number of rotatable bonds is 4. The minimum absolute atomic E-state index is 0.0941. The number of benzene rings is 2. The molecule has 0 amide bonds. The third kappa shape index (κ3) is 4.92. The van der Waals surface area contributed by atoms with E-state index in [4.69, 9.17) is 16.7 Å². The third-order valence-electron chi connectivity index (χ3n) is 4.29. The van der Waals surface area contributed by atoms with Gasteiger partial charge < -0.3 is 14.7 Å². The molecular formula is C21H23FN4OS. The molecule has 0 atom stereocenters. The zero-order valence-corrected chi connectivity index (χ0v) is 17.2. The molecule has 0 radical (unpaired) electrons. The Bertz CT molecular complexity index is 946. The fourth-order valence-corrected chi connectivity index (χ4v) is 2.76. The summed E-state index contributed by atoms with van der Waals surface area (Å²) in [6, 6.07) is 14.2. The highest BCUT2D eigenvalue weighted by Gasteiger charge is 2.16. The van der Waals surface area contributed by atoms with Crippen LogP contribution in [-0.4, -0.2) is 27.2 Å². The fraction of sp³-hybridized carbons (Fsp3) is 0.286. The lowest BCUT2D eigenvalue weighted by molar-refractivity contribution is 0.336. The van der Waals surface area contributed by atoms with Gasteiger partial charge in [0.2, 0.25) is 11.7 Å². The lowest BCUT2D eigenvalue weighted by atomic mass is 9.87. The molecule has 1 heterocycles. The molecule has 146 valence electrons. The van der Waals surface area contributed by atoms with Crippen LogP contribution in [0.5, 0.6) is 0 Å². The third-order valence-corrected chi connectivity index (χ3v) is 4.71. The second kappa shape index (κ2) is 8.06. The van der Waals surface area contributed by atoms with Crippen molar-refractivity contribution in [1.29, 1.82) is 0 Å². The maximum atomic E-state index is 13.0. The van der Waals surface area contributed by atoms with Crippen LogP contribution in [0.1, 0.15) is 32.2 Å². The molecule has 2 aromatic carbocycles. The van der Waals surface area contributed by atoms with Gasteiger partial charge in [0, 0.05) is 18.3 Å². The van der Waals surface area contributed by atoms with E-state index in [2.05, 4.69) is 48.4 Å². The molecule has 28 heavy (non-hydrogen) atoms. The Hall–Kier alpha value is -2.80. The van der Waals surface area contributed by atoms with E-state index in [0.717, 1.165) is 5.56 Å². The molecule has 0 fully saturated rings. The van der Waals surface area contributed by atoms with Gasteiger partial charge in [0.05, 0.1) is 6.54 Å². The lowest BCUT2D eigenvalue weighted by Gasteiger charge is -2.19. The molecule has 0 aliphatic rings. The van der Waals surface area contributed by atoms with Crippen LogP contribution in [0.3, 0.4) is 0 Å². The molecule has 0 aliphatic heterocycles. The van der Waals surface area contributed by atoms with Crippen LogP contribution < -0.4 is 5.32 Å². The monoisotopic (exact) mass is 398 g/mol. The molecule has 3 aromatic rings. The van der Waals surface area contributed by atoms with Gasteiger partial charge in [0.1, 0.15) is 5.82 Å². The van der Waals surface area contributed by atoms with Gasteiger partial charge in [-0.2, -0.15) is 4.98 Å². The fourth-order valence-electron chi connectivity index (χ4n) is 2.58. The van der Waals surface area contributed by atoms with E-state index in [-0.39, 0.29) is 11.2 Å². The summed E-state index contributed by atoms with van der Waals surface area (Å²) in [5.74, 6) is 0.709. The first kappa shape index (κ1) is 19.9. The highest BCUT2D eigenvalue weighted by atomic mass is 32.1. The van der Waals surface area contributed by atoms with Gasteiger partial charge in [0.15, 0.2) is 5.11 Å². The summed E-state index contributed by atoms with van der Waals surface area (Å²) in [7, 11) is 1.82. The van der Waals surface area contributed by atoms with Crippen molar-refractivity contribution in [3.63, 3.8) is 0 Å². The maximum absolute atomic E-state index is 13.0. The Balaban J connectivity index is 1.63. The van der Waals surface area contributed by atoms with E-state index in [1.807, 2.05) is 19.2 Å². The van der Waals surface area contributed by atoms with Crippen molar-refractivity contribution >= 4 is 23.0 Å². The molecule has 1 aromatic heterocycles.